The number of carboxylic acids is 1. The summed E-state index contributed by atoms with van der Waals surface area (Å²) >= 11 is 6.97. The third-order valence-corrected chi connectivity index (χ3v) is 17.6. The van der Waals surface area contributed by atoms with Gasteiger partial charge in [-0.3, -0.25) is 33.7 Å². The summed E-state index contributed by atoms with van der Waals surface area (Å²) in [6.45, 7) is 14.3. The number of hydrogen-bond donors (Lipinski definition) is 5. The number of carbonyl (C=O) groups is 6. The number of methoxy groups -OCH3 is 1. The topological polar surface area (TPSA) is 264 Å². The van der Waals surface area contributed by atoms with Crippen LogP contribution in [0, 0.1) is 36.4 Å². The van der Waals surface area contributed by atoms with E-state index in [0.29, 0.717) is 39.0 Å². The van der Waals surface area contributed by atoms with Crippen molar-refractivity contribution >= 4 is 63.4 Å². The number of pyridine rings is 1. The molecule has 10 rings (SSSR count). The van der Waals surface area contributed by atoms with E-state index in [-0.39, 0.29) is 74.9 Å². The van der Waals surface area contributed by atoms with Gasteiger partial charge in [-0.15, -0.1) is 0 Å². The van der Waals surface area contributed by atoms with Gasteiger partial charge < -0.3 is 59.1 Å². The van der Waals surface area contributed by atoms with E-state index < -0.39 is 128 Å². The van der Waals surface area contributed by atoms with Crippen molar-refractivity contribution in [1.82, 2.24) is 19.7 Å². The van der Waals surface area contributed by atoms with E-state index in [2.05, 4.69) is 10.2 Å². The maximum Gasteiger partial charge on any atom is 0.341 e. The van der Waals surface area contributed by atoms with Gasteiger partial charge in [0, 0.05) is 113 Å². The second kappa shape index (κ2) is 22.8. The van der Waals surface area contributed by atoms with E-state index in [9.17, 15) is 44.4 Å². The average molecular weight is 1140 g/mol. The van der Waals surface area contributed by atoms with Gasteiger partial charge in [-0.25, -0.2) is 9.18 Å². The number of Topliss-reactive ketones (excluding diaryl/α,β-unsaturated/α-hetero) is 3. The summed E-state index contributed by atoms with van der Waals surface area (Å²) in [4.78, 5) is 103. The number of allylic oxidation sites excluding steroid dienone is 4. The predicted octanol–water partition coefficient (Wildman–Crippen LogP) is 6.39. The van der Waals surface area contributed by atoms with Crippen LogP contribution in [0.3, 0.4) is 0 Å². The molecule has 7 aliphatic rings. The maximum atomic E-state index is 16.1. The van der Waals surface area contributed by atoms with Gasteiger partial charge in [0.25, 0.3) is 11.7 Å². The number of amides is 1. The molecule has 0 spiro atoms. The zero-order valence-electron chi connectivity index (χ0n) is 46.7. The Morgan fingerprint density at radius 1 is 0.852 bits per heavy atom. The zero-order chi connectivity index (χ0) is 58.8. The lowest BCUT2D eigenvalue weighted by Gasteiger charge is -2.44. The quantitative estimate of drug-likeness (QED) is 0.161. The highest BCUT2D eigenvalue weighted by Gasteiger charge is 2.53. The molecule has 20 nitrogen and oxygen atoms in total. The van der Waals surface area contributed by atoms with Crippen molar-refractivity contribution in [3.05, 3.63) is 109 Å². The number of aliphatic hydroxyl groups is 2. The van der Waals surface area contributed by atoms with Gasteiger partial charge in [-0.2, -0.15) is 0 Å². The number of halogens is 2. The summed E-state index contributed by atoms with van der Waals surface area (Å²) in [6, 6.07) is 0.942. The number of aromatic carboxylic acids is 1. The molecule has 0 radical (unpaired) electrons. The van der Waals surface area contributed by atoms with Gasteiger partial charge >= 0.3 is 17.7 Å². The second-order valence-corrected chi connectivity index (χ2v) is 22.9. The van der Waals surface area contributed by atoms with Crippen molar-refractivity contribution < 1.29 is 72.5 Å². The fourth-order valence-electron chi connectivity index (χ4n) is 12.3. The Morgan fingerprint density at radius 3 is 2.14 bits per heavy atom. The third-order valence-electron chi connectivity index (χ3n) is 17.2. The fraction of sp³-hybridized carbons (Fsp3) is 0.508. The molecule has 1 aromatic heterocycles. The Balaban J connectivity index is 1.02. The molecule has 2 aromatic carbocycles. The lowest BCUT2D eigenvalue weighted by atomic mass is 9.78. The van der Waals surface area contributed by atoms with Gasteiger partial charge in [0.15, 0.2) is 0 Å². The minimum atomic E-state index is -2.16. The molecule has 5 aliphatic heterocycles. The first-order valence-corrected chi connectivity index (χ1v) is 27.8. The monoisotopic (exact) mass is 1140 g/mol. The largest absolute Gasteiger partial charge is 0.507 e. The number of phenols is 1. The van der Waals surface area contributed by atoms with Crippen LogP contribution in [-0.4, -0.2) is 153 Å². The maximum absolute atomic E-state index is 16.1. The molecule has 1 saturated carbocycles. The summed E-state index contributed by atoms with van der Waals surface area (Å²) in [5.41, 5.74) is -2.65. The molecule has 81 heavy (non-hydrogen) atoms. The van der Waals surface area contributed by atoms with Crippen LogP contribution < -0.4 is 20.4 Å². The SMILES string of the molecule is CO[C@H]1/C=C/O[C@@]2(C)Oc3c(C)c(O)c4c(c3C2=O)C(=O)C(N2CCC(N3CCN(c5c(F)cc6c(=O)c(C(=O)O)cn(C7CC7)c6c5Cl)CC3)CC2)=C(NC(=O)/C(C)=C\C=C\[C@@H](C)[C@H](O)[C@@H](C)[C@H](O)[C@@H](C)[C@@H](OC(C)=O)[C@@H]1C)C4=O. The Labute approximate surface area is 472 Å². The molecule has 2 saturated heterocycles. The number of carbonyl (C=O) groups excluding carboxylic acids is 5. The third kappa shape index (κ3) is 10.7. The van der Waals surface area contributed by atoms with Crippen LogP contribution >= 0.6 is 11.6 Å². The van der Waals surface area contributed by atoms with Crippen LogP contribution in [0.1, 0.15) is 127 Å². The Bertz CT molecular complexity index is 3310. The molecule has 22 heteroatoms. The summed E-state index contributed by atoms with van der Waals surface area (Å²) in [6.07, 6.45) is 6.90. The number of benzene rings is 2. The number of anilines is 1. The van der Waals surface area contributed by atoms with Gasteiger partial charge in [0.05, 0.1) is 62.9 Å². The van der Waals surface area contributed by atoms with E-state index in [4.69, 9.17) is 30.5 Å². The summed E-state index contributed by atoms with van der Waals surface area (Å²) in [5.74, 6) is -11.8. The Kier molecular flexibility index (Phi) is 16.5. The molecule has 9 atom stereocenters. The number of carboxylic acid groups (broad SMARTS) is 1. The van der Waals surface area contributed by atoms with E-state index in [1.54, 1.807) is 49.3 Å². The second-order valence-electron chi connectivity index (χ2n) is 22.5. The van der Waals surface area contributed by atoms with E-state index in [1.165, 1.54) is 53.2 Å². The van der Waals surface area contributed by atoms with Crippen molar-refractivity contribution in [2.75, 3.05) is 51.3 Å². The van der Waals surface area contributed by atoms with Gasteiger partial charge in [0.1, 0.15) is 40.4 Å². The van der Waals surface area contributed by atoms with Crippen molar-refractivity contribution in [1.29, 1.82) is 0 Å². The number of rotatable bonds is 7. The minimum Gasteiger partial charge on any atom is -0.507 e. The molecule has 3 aromatic rings. The first-order chi connectivity index (χ1) is 38.3. The zero-order valence-corrected chi connectivity index (χ0v) is 47.5. The van der Waals surface area contributed by atoms with Crippen LogP contribution in [0.25, 0.3) is 10.9 Å². The number of aliphatic hydroxyl groups excluding tert-OH is 2. The highest BCUT2D eigenvalue weighted by molar-refractivity contribution is 6.38. The van der Waals surface area contributed by atoms with Crippen LogP contribution in [0.2, 0.25) is 5.02 Å². The van der Waals surface area contributed by atoms with E-state index in [1.807, 2.05) is 4.90 Å². The number of fused-ring (bicyclic) bond motifs is 15. The van der Waals surface area contributed by atoms with E-state index in [0.717, 1.165) is 25.2 Å². The molecular formula is C59H69ClFN5O15. The van der Waals surface area contributed by atoms with Crippen LogP contribution in [0.4, 0.5) is 10.1 Å². The van der Waals surface area contributed by atoms with Gasteiger partial charge in [0.2, 0.25) is 17.0 Å². The van der Waals surface area contributed by atoms with Crippen LogP contribution in [-0.2, 0) is 23.8 Å². The smallest absolute Gasteiger partial charge is 0.341 e. The minimum absolute atomic E-state index is 0.0271. The van der Waals surface area contributed by atoms with Crippen LogP contribution in [0.15, 0.2) is 64.6 Å². The van der Waals surface area contributed by atoms with Crippen LogP contribution in [0.5, 0.6) is 11.5 Å². The number of piperazine rings is 1. The number of esters is 1. The number of ether oxygens (including phenoxy) is 4. The van der Waals surface area contributed by atoms with Gasteiger partial charge in [-0.1, -0.05) is 57.5 Å². The number of nitrogens with zero attached hydrogens (tertiary/aromatic N) is 4. The molecule has 3 fully saturated rings. The number of aromatic nitrogens is 1. The fourth-order valence-corrected chi connectivity index (χ4v) is 12.7. The number of piperidine rings is 1. The first-order valence-electron chi connectivity index (χ1n) is 27.4. The molecule has 5 N–H and O–H groups in total. The number of aromatic hydroxyl groups is 1. The Morgan fingerprint density at radius 2 is 1.52 bits per heavy atom. The van der Waals surface area contributed by atoms with Crippen molar-refractivity contribution in [3.63, 3.8) is 0 Å². The molecule has 5 bridgehead atoms. The van der Waals surface area contributed by atoms with E-state index >= 15 is 14.0 Å². The number of ketones is 3. The number of nitrogens with one attached hydrogen (secondary N) is 1. The lowest BCUT2D eigenvalue weighted by Crippen LogP contribution is -2.54. The van der Waals surface area contributed by atoms with Crippen molar-refractivity contribution in [2.45, 2.75) is 123 Å². The average Bonchev–Trinajstić information content (AvgIpc) is 4.38. The summed E-state index contributed by atoms with van der Waals surface area (Å²) < 4.78 is 41.6. The lowest BCUT2D eigenvalue weighted by molar-refractivity contribution is -0.160. The van der Waals surface area contributed by atoms with Crippen molar-refractivity contribution in [2.24, 2.45) is 23.7 Å². The normalized spacial score (nSPS) is 29.7. The number of likely N-dealkylation sites (tertiary alicyclic amines) is 1. The molecule has 434 valence electrons. The summed E-state index contributed by atoms with van der Waals surface area (Å²) in [5, 5.41) is 47.3. The number of hydrogen-bond acceptors (Lipinski definition) is 17. The first kappa shape index (κ1) is 58.7. The molecule has 1 amide bonds. The summed E-state index contributed by atoms with van der Waals surface area (Å²) in [7, 11) is 1.41. The predicted molar refractivity (Wildman–Crippen MR) is 295 cm³/mol. The molecule has 6 heterocycles. The molecule has 0 unspecified atom stereocenters. The number of phenolic OH excluding ortho intramolecular Hbond substituents is 1. The Hall–Kier alpha value is -6.91. The molecule has 2 aliphatic carbocycles. The molecular weight excluding hydrogens is 1070 g/mol. The van der Waals surface area contributed by atoms with Gasteiger partial charge in [-0.05, 0) is 51.7 Å². The highest BCUT2D eigenvalue weighted by atomic mass is 35.5. The highest BCUT2D eigenvalue weighted by Crippen LogP contribution is 2.50. The standard InChI is InChI=1S/C59H69ClFN5O15/c1-27-11-10-12-28(2)57(75)62-44-47(64-18-15-34(16-19-64)63-20-22-65(23-21-63)46-38(61)25-36-45(43(46)60)66(35-13-14-35)26-37(51(36)71)58(76)77)53(73)40-41(52(44)72)50(70)32(6)55-42(40)56(74)59(8,81-55)79-24-17-39(78-9)29(3)54(80-33(7)67)31(5)49(69)30(4)48(27)68/h10-12,17,24-27,29-31,34-35,39,48-49,54,68-70H,13-16,18-23H2,1-9H3,(H,62,75)(H,76,77)/b11-10+,24-17+,28-12-/t27-,29-,30-,31-,39+,48+,49+,54+,59+/m1/s1. The van der Waals surface area contributed by atoms with Crippen molar-refractivity contribution in [3.8, 4) is 11.5 Å².